The maximum atomic E-state index is 3.58. The maximum absolute atomic E-state index is 3.58. The van der Waals surface area contributed by atoms with Gasteiger partial charge >= 0.3 is 0 Å². The van der Waals surface area contributed by atoms with Gasteiger partial charge < -0.3 is 5.32 Å². The Kier molecular flexibility index (Phi) is 9.22. The first-order valence-corrected chi connectivity index (χ1v) is 9.40. The van der Waals surface area contributed by atoms with E-state index in [1.165, 1.54) is 57.2 Å². The zero-order valence-corrected chi connectivity index (χ0v) is 13.5. The molecule has 0 aliphatic heterocycles. The second kappa shape index (κ2) is 10.1. The Morgan fingerprint density at radius 3 is 2.61 bits per heavy atom. The molecule has 0 spiro atoms. The van der Waals surface area contributed by atoms with Crippen molar-refractivity contribution in [2.75, 3.05) is 25.1 Å². The number of hydrogen-bond acceptors (Lipinski definition) is 2. The molecule has 2 heteroatoms. The first kappa shape index (κ1) is 16.4. The van der Waals surface area contributed by atoms with Crippen LogP contribution in [-0.4, -0.2) is 25.1 Å². The van der Waals surface area contributed by atoms with Gasteiger partial charge in [-0.2, -0.15) is 11.8 Å². The first-order valence-electron chi connectivity index (χ1n) is 8.01. The molecule has 108 valence electrons. The van der Waals surface area contributed by atoms with Gasteiger partial charge in [0.15, 0.2) is 0 Å². The van der Waals surface area contributed by atoms with Gasteiger partial charge in [-0.05, 0) is 68.5 Å². The van der Waals surface area contributed by atoms with E-state index in [0.29, 0.717) is 0 Å². The Morgan fingerprint density at radius 1 is 1.11 bits per heavy atom. The molecule has 0 heterocycles. The van der Waals surface area contributed by atoms with Crippen LogP contribution in [-0.2, 0) is 0 Å². The SMILES string of the molecule is CCCC1CCC(CNCC)C(CCCSC)C1. The zero-order chi connectivity index (χ0) is 13.2. The van der Waals surface area contributed by atoms with Crippen LogP contribution in [0.4, 0.5) is 0 Å². The van der Waals surface area contributed by atoms with Crippen molar-refractivity contribution in [3.63, 3.8) is 0 Å². The van der Waals surface area contributed by atoms with Crippen molar-refractivity contribution in [1.82, 2.24) is 5.32 Å². The summed E-state index contributed by atoms with van der Waals surface area (Å²) in [5.41, 5.74) is 0. The van der Waals surface area contributed by atoms with Crippen LogP contribution < -0.4 is 5.32 Å². The minimum Gasteiger partial charge on any atom is -0.317 e. The molecule has 1 fully saturated rings. The van der Waals surface area contributed by atoms with Crippen molar-refractivity contribution in [2.24, 2.45) is 17.8 Å². The monoisotopic (exact) mass is 271 g/mol. The van der Waals surface area contributed by atoms with E-state index in [-0.39, 0.29) is 0 Å². The van der Waals surface area contributed by atoms with Crippen LogP contribution in [0.25, 0.3) is 0 Å². The fourth-order valence-electron chi connectivity index (χ4n) is 3.54. The Morgan fingerprint density at radius 2 is 1.94 bits per heavy atom. The van der Waals surface area contributed by atoms with E-state index < -0.39 is 0 Å². The fourth-order valence-corrected chi connectivity index (χ4v) is 3.99. The van der Waals surface area contributed by atoms with Crippen LogP contribution >= 0.6 is 11.8 Å². The van der Waals surface area contributed by atoms with E-state index in [4.69, 9.17) is 0 Å². The molecule has 1 rings (SSSR count). The Hall–Kier alpha value is 0.310. The minimum atomic E-state index is 0.958. The standard InChI is InChI=1S/C16H33NS/c1-4-7-14-9-10-16(13-17-5-2)15(12-14)8-6-11-18-3/h14-17H,4-13H2,1-3H3. The lowest BCUT2D eigenvalue weighted by Crippen LogP contribution is -2.33. The molecule has 0 saturated heterocycles. The van der Waals surface area contributed by atoms with Crippen molar-refractivity contribution in [3.8, 4) is 0 Å². The number of hydrogen-bond donors (Lipinski definition) is 1. The molecule has 0 aromatic rings. The van der Waals surface area contributed by atoms with Gasteiger partial charge in [0.2, 0.25) is 0 Å². The molecule has 0 bridgehead atoms. The van der Waals surface area contributed by atoms with E-state index in [2.05, 4.69) is 25.4 Å². The van der Waals surface area contributed by atoms with Crippen molar-refractivity contribution >= 4 is 11.8 Å². The predicted octanol–water partition coefficient (Wildman–Crippen LogP) is 4.57. The molecule has 1 aliphatic carbocycles. The summed E-state index contributed by atoms with van der Waals surface area (Å²) >= 11 is 2.00. The van der Waals surface area contributed by atoms with Gasteiger partial charge in [0.1, 0.15) is 0 Å². The molecule has 1 aliphatic rings. The molecule has 0 amide bonds. The molecule has 1 nitrogen and oxygen atoms in total. The molecule has 1 saturated carbocycles. The Bertz CT molecular complexity index is 196. The normalized spacial score (nSPS) is 28.5. The summed E-state index contributed by atoms with van der Waals surface area (Å²) in [5.74, 6) is 4.34. The van der Waals surface area contributed by atoms with Crippen molar-refractivity contribution in [1.29, 1.82) is 0 Å². The average molecular weight is 272 g/mol. The number of thioether (sulfide) groups is 1. The predicted molar refractivity (Wildman–Crippen MR) is 85.4 cm³/mol. The van der Waals surface area contributed by atoms with Crippen LogP contribution in [0.2, 0.25) is 0 Å². The summed E-state index contributed by atoms with van der Waals surface area (Å²) in [7, 11) is 0. The van der Waals surface area contributed by atoms with Crippen LogP contribution in [0.15, 0.2) is 0 Å². The summed E-state index contributed by atoms with van der Waals surface area (Å²) in [5, 5.41) is 3.58. The highest BCUT2D eigenvalue weighted by atomic mass is 32.2. The summed E-state index contributed by atoms with van der Waals surface area (Å²) in [6.07, 6.45) is 12.4. The van der Waals surface area contributed by atoms with E-state index in [9.17, 15) is 0 Å². The second-order valence-electron chi connectivity index (χ2n) is 5.93. The van der Waals surface area contributed by atoms with E-state index in [0.717, 1.165) is 24.3 Å². The average Bonchev–Trinajstić information content (AvgIpc) is 2.38. The van der Waals surface area contributed by atoms with Crippen LogP contribution in [0, 0.1) is 17.8 Å². The second-order valence-corrected chi connectivity index (χ2v) is 6.92. The highest BCUT2D eigenvalue weighted by molar-refractivity contribution is 7.98. The Balaban J connectivity index is 2.38. The number of rotatable bonds is 9. The van der Waals surface area contributed by atoms with Crippen molar-refractivity contribution in [2.45, 2.75) is 58.8 Å². The van der Waals surface area contributed by atoms with Crippen molar-refractivity contribution < 1.29 is 0 Å². The topological polar surface area (TPSA) is 12.0 Å². The lowest BCUT2D eigenvalue weighted by Gasteiger charge is -2.36. The third-order valence-corrected chi connectivity index (χ3v) is 5.22. The molecular formula is C16H33NS. The molecule has 0 aromatic heterocycles. The van der Waals surface area contributed by atoms with E-state index in [1.54, 1.807) is 0 Å². The zero-order valence-electron chi connectivity index (χ0n) is 12.7. The van der Waals surface area contributed by atoms with Crippen LogP contribution in [0.1, 0.15) is 58.8 Å². The molecule has 3 atom stereocenters. The lowest BCUT2D eigenvalue weighted by molar-refractivity contribution is 0.159. The highest BCUT2D eigenvalue weighted by Gasteiger charge is 2.29. The summed E-state index contributed by atoms with van der Waals surface area (Å²) in [6.45, 7) is 6.96. The first-order chi connectivity index (χ1) is 8.81. The van der Waals surface area contributed by atoms with Gasteiger partial charge in [0, 0.05) is 0 Å². The van der Waals surface area contributed by atoms with Gasteiger partial charge in [0.05, 0.1) is 0 Å². The van der Waals surface area contributed by atoms with Gasteiger partial charge in [-0.25, -0.2) is 0 Å². The maximum Gasteiger partial charge on any atom is -0.00180 e. The van der Waals surface area contributed by atoms with Gasteiger partial charge in [-0.3, -0.25) is 0 Å². The van der Waals surface area contributed by atoms with Crippen LogP contribution in [0.5, 0.6) is 0 Å². The lowest BCUT2D eigenvalue weighted by atomic mass is 9.71. The third kappa shape index (κ3) is 5.97. The summed E-state index contributed by atoms with van der Waals surface area (Å²) in [6, 6.07) is 0. The number of nitrogens with one attached hydrogen (secondary N) is 1. The van der Waals surface area contributed by atoms with Crippen molar-refractivity contribution in [3.05, 3.63) is 0 Å². The van der Waals surface area contributed by atoms with E-state index in [1.807, 2.05) is 11.8 Å². The summed E-state index contributed by atoms with van der Waals surface area (Å²) < 4.78 is 0. The van der Waals surface area contributed by atoms with Gasteiger partial charge in [-0.1, -0.05) is 33.1 Å². The quantitative estimate of drug-likeness (QED) is 0.616. The van der Waals surface area contributed by atoms with Gasteiger partial charge in [-0.15, -0.1) is 0 Å². The Labute approximate surface area is 119 Å². The molecule has 18 heavy (non-hydrogen) atoms. The third-order valence-electron chi connectivity index (χ3n) is 4.53. The molecule has 1 N–H and O–H groups in total. The molecule has 0 radical (unpaired) electrons. The summed E-state index contributed by atoms with van der Waals surface area (Å²) in [4.78, 5) is 0. The largest absolute Gasteiger partial charge is 0.317 e. The van der Waals surface area contributed by atoms with Gasteiger partial charge in [0.25, 0.3) is 0 Å². The molecule has 0 aromatic carbocycles. The highest BCUT2D eigenvalue weighted by Crippen LogP contribution is 2.38. The molecular weight excluding hydrogens is 238 g/mol. The van der Waals surface area contributed by atoms with E-state index >= 15 is 0 Å². The molecule has 3 unspecified atom stereocenters. The fraction of sp³-hybridized carbons (Fsp3) is 1.00. The van der Waals surface area contributed by atoms with Crippen LogP contribution in [0.3, 0.4) is 0 Å². The minimum absolute atomic E-state index is 0.958. The smallest absolute Gasteiger partial charge is 0.00180 e.